The van der Waals surface area contributed by atoms with E-state index in [-0.39, 0.29) is 0 Å². The molecule has 1 aliphatic carbocycles. The van der Waals surface area contributed by atoms with E-state index in [0.717, 1.165) is 5.56 Å². The van der Waals surface area contributed by atoms with E-state index in [1.807, 2.05) is 12.1 Å². The molecule has 2 heteroatoms. The molecule has 17 heavy (non-hydrogen) atoms. The smallest absolute Gasteiger partial charge is 0.219 e. The van der Waals surface area contributed by atoms with Crippen molar-refractivity contribution < 1.29 is 4.79 Å². The van der Waals surface area contributed by atoms with Crippen molar-refractivity contribution in [1.82, 2.24) is 0 Å². The molecule has 1 heterocycles. The van der Waals surface area contributed by atoms with Crippen LogP contribution in [0, 0.1) is 5.92 Å². The predicted molar refractivity (Wildman–Crippen MR) is 72.5 cm³/mol. The Morgan fingerprint density at radius 3 is 2.82 bits per heavy atom. The maximum atomic E-state index is 12.3. The van der Waals surface area contributed by atoms with Crippen molar-refractivity contribution in [2.75, 3.05) is 0 Å². The van der Waals surface area contributed by atoms with Gasteiger partial charge in [0.25, 0.3) is 0 Å². The van der Waals surface area contributed by atoms with E-state index in [9.17, 15) is 4.79 Å². The molecular weight excluding hydrogens is 228 g/mol. The molecule has 3 unspecified atom stereocenters. The van der Waals surface area contributed by atoms with Gasteiger partial charge in [0.1, 0.15) is 0 Å². The van der Waals surface area contributed by atoms with Gasteiger partial charge in [-0.3, -0.25) is 4.79 Å². The van der Waals surface area contributed by atoms with Crippen molar-refractivity contribution in [2.24, 2.45) is 5.92 Å². The van der Waals surface area contributed by atoms with Crippen molar-refractivity contribution in [3.63, 3.8) is 0 Å². The molecule has 90 valence electrons. The van der Waals surface area contributed by atoms with Gasteiger partial charge in [0.15, 0.2) is 0 Å². The third kappa shape index (κ3) is 1.93. The van der Waals surface area contributed by atoms with Gasteiger partial charge in [-0.25, -0.2) is 0 Å². The average Bonchev–Trinajstić information content (AvgIpc) is 2.48. The second-order valence-corrected chi connectivity index (χ2v) is 6.48. The van der Waals surface area contributed by atoms with Crippen molar-refractivity contribution in [1.29, 1.82) is 0 Å². The number of benzene rings is 1. The normalized spacial score (nSPS) is 32.5. The summed E-state index contributed by atoms with van der Waals surface area (Å²) in [4.78, 5) is 12.3. The Morgan fingerprint density at radius 1 is 1.18 bits per heavy atom. The van der Waals surface area contributed by atoms with Gasteiger partial charge in [-0.1, -0.05) is 55.8 Å². The first-order valence-corrected chi connectivity index (χ1v) is 7.45. The molecule has 1 nitrogen and oxygen atoms in total. The second kappa shape index (κ2) is 4.49. The van der Waals surface area contributed by atoms with Crippen LogP contribution in [0.25, 0.3) is 0 Å². The summed E-state index contributed by atoms with van der Waals surface area (Å²) in [5, 5.41) is 0.848. The van der Waals surface area contributed by atoms with Gasteiger partial charge in [-0.2, -0.15) is 0 Å². The lowest BCUT2D eigenvalue weighted by Gasteiger charge is -2.33. The fourth-order valence-corrected chi connectivity index (χ4v) is 4.77. The summed E-state index contributed by atoms with van der Waals surface area (Å²) < 4.78 is 0. The molecule has 0 saturated heterocycles. The summed E-state index contributed by atoms with van der Waals surface area (Å²) in [6, 6.07) is 8.20. The van der Waals surface area contributed by atoms with Crippen molar-refractivity contribution in [3.8, 4) is 0 Å². The van der Waals surface area contributed by atoms with Gasteiger partial charge in [0.2, 0.25) is 5.12 Å². The minimum absolute atomic E-state index is 0.293. The number of carbonyl (C=O) groups excluding carboxylic acids is 1. The molecule has 0 radical (unpaired) electrons. The lowest BCUT2D eigenvalue weighted by atomic mass is 9.76. The first-order chi connectivity index (χ1) is 8.27. The Bertz CT molecular complexity index is 440. The molecule has 3 rings (SSSR count). The number of hydrogen-bond donors (Lipinski definition) is 0. The monoisotopic (exact) mass is 246 g/mol. The SMILES string of the molecule is CC1c2ccccc2C(=O)SC2CCCCC21. The van der Waals surface area contributed by atoms with Gasteiger partial charge in [0, 0.05) is 10.8 Å². The summed E-state index contributed by atoms with van der Waals surface area (Å²) in [5.41, 5.74) is 2.24. The number of hydrogen-bond acceptors (Lipinski definition) is 2. The van der Waals surface area contributed by atoms with E-state index in [1.165, 1.54) is 31.2 Å². The lowest BCUT2D eigenvalue weighted by Crippen LogP contribution is -2.25. The van der Waals surface area contributed by atoms with Crippen LogP contribution in [0.1, 0.15) is 54.4 Å². The zero-order valence-electron chi connectivity index (χ0n) is 10.2. The predicted octanol–water partition coefficient (Wildman–Crippen LogP) is 4.24. The van der Waals surface area contributed by atoms with E-state index >= 15 is 0 Å². The van der Waals surface area contributed by atoms with Crippen LogP contribution >= 0.6 is 11.8 Å². The van der Waals surface area contributed by atoms with E-state index in [4.69, 9.17) is 0 Å². The summed E-state index contributed by atoms with van der Waals surface area (Å²) in [5.74, 6) is 1.23. The van der Waals surface area contributed by atoms with Gasteiger partial charge >= 0.3 is 0 Å². The molecule has 1 saturated carbocycles. The number of fused-ring (bicyclic) bond motifs is 2. The van der Waals surface area contributed by atoms with Crippen LogP contribution in [-0.2, 0) is 0 Å². The zero-order chi connectivity index (χ0) is 11.8. The van der Waals surface area contributed by atoms with Crippen LogP contribution in [-0.4, -0.2) is 10.4 Å². The maximum absolute atomic E-state index is 12.3. The van der Waals surface area contributed by atoms with Crippen molar-refractivity contribution in [3.05, 3.63) is 35.4 Å². The highest BCUT2D eigenvalue weighted by Gasteiger charge is 2.36. The summed E-state index contributed by atoms with van der Waals surface area (Å²) in [6.07, 6.45) is 5.15. The number of carbonyl (C=O) groups is 1. The fourth-order valence-electron chi connectivity index (χ4n) is 3.36. The van der Waals surface area contributed by atoms with Gasteiger partial charge < -0.3 is 0 Å². The molecule has 3 atom stereocenters. The molecular formula is C15H18OS. The van der Waals surface area contributed by atoms with Gasteiger partial charge in [0.05, 0.1) is 0 Å². The summed E-state index contributed by atoms with van der Waals surface area (Å²) >= 11 is 1.60. The van der Waals surface area contributed by atoms with Crippen LogP contribution in [0.2, 0.25) is 0 Å². The van der Waals surface area contributed by atoms with E-state index in [2.05, 4.69) is 19.1 Å². The minimum atomic E-state index is 0.293. The quantitative estimate of drug-likeness (QED) is 0.681. The van der Waals surface area contributed by atoms with E-state index in [0.29, 0.717) is 22.2 Å². The molecule has 1 aromatic carbocycles. The van der Waals surface area contributed by atoms with Crippen molar-refractivity contribution >= 4 is 16.9 Å². The molecule has 1 aromatic rings. The molecule has 0 N–H and O–H groups in total. The maximum Gasteiger partial charge on any atom is 0.219 e. The summed E-state index contributed by atoms with van der Waals surface area (Å²) in [7, 11) is 0. The highest BCUT2D eigenvalue weighted by molar-refractivity contribution is 8.14. The van der Waals surface area contributed by atoms with Crippen LogP contribution in [0.4, 0.5) is 0 Å². The first kappa shape index (κ1) is 11.3. The molecule has 0 amide bonds. The Kier molecular flexibility index (Phi) is 2.99. The Balaban J connectivity index is 2.05. The zero-order valence-corrected chi connectivity index (χ0v) is 11.0. The van der Waals surface area contributed by atoms with Crippen LogP contribution in [0.3, 0.4) is 0 Å². The summed E-state index contributed by atoms with van der Waals surface area (Å²) in [6.45, 7) is 2.31. The van der Waals surface area contributed by atoms with E-state index < -0.39 is 0 Å². The molecule has 1 aliphatic heterocycles. The largest absolute Gasteiger partial charge is 0.282 e. The third-order valence-corrected chi connectivity index (χ3v) is 5.65. The minimum Gasteiger partial charge on any atom is -0.282 e. The Morgan fingerprint density at radius 2 is 1.94 bits per heavy atom. The van der Waals surface area contributed by atoms with E-state index in [1.54, 1.807) is 11.8 Å². The highest BCUT2D eigenvalue weighted by Crippen LogP contribution is 2.46. The van der Waals surface area contributed by atoms with Gasteiger partial charge in [-0.15, -0.1) is 0 Å². The highest BCUT2D eigenvalue weighted by atomic mass is 32.2. The Hall–Kier alpha value is -0.760. The standard InChI is InChI=1S/C15H18OS/c1-10-11-6-2-3-8-13(11)15(16)17-14-9-5-4-7-12(10)14/h2-3,6,8,10,12,14H,4-5,7,9H2,1H3. The second-order valence-electron chi connectivity index (χ2n) is 5.27. The number of rotatable bonds is 0. The number of thioether (sulfide) groups is 1. The van der Waals surface area contributed by atoms with Crippen LogP contribution < -0.4 is 0 Å². The fraction of sp³-hybridized carbons (Fsp3) is 0.533. The molecule has 0 spiro atoms. The topological polar surface area (TPSA) is 17.1 Å². The van der Waals surface area contributed by atoms with Gasteiger partial charge in [-0.05, 0) is 30.2 Å². The van der Waals surface area contributed by atoms with Crippen LogP contribution in [0.15, 0.2) is 24.3 Å². The molecule has 0 aromatic heterocycles. The lowest BCUT2D eigenvalue weighted by molar-refractivity contribution is 0.108. The molecule has 2 aliphatic rings. The van der Waals surface area contributed by atoms with Crippen LogP contribution in [0.5, 0.6) is 0 Å². The first-order valence-electron chi connectivity index (χ1n) is 6.57. The molecule has 1 fully saturated rings. The molecule has 0 bridgehead atoms. The van der Waals surface area contributed by atoms with Crippen molar-refractivity contribution in [2.45, 2.75) is 43.8 Å². The average molecular weight is 246 g/mol. The Labute approximate surface area is 107 Å². The third-order valence-electron chi connectivity index (χ3n) is 4.33.